The van der Waals surface area contributed by atoms with Gasteiger partial charge in [-0.25, -0.2) is 0 Å². The summed E-state index contributed by atoms with van der Waals surface area (Å²) < 4.78 is 5.32. The number of nitrogens with two attached hydrogens (primary N) is 1. The van der Waals surface area contributed by atoms with Gasteiger partial charge in [-0.3, -0.25) is 4.79 Å². The molecular formula is C15H23NO2. The lowest BCUT2D eigenvalue weighted by molar-refractivity contribution is -0.155. The molecule has 0 saturated carbocycles. The topological polar surface area (TPSA) is 52.3 Å². The van der Waals surface area contributed by atoms with E-state index in [9.17, 15) is 4.79 Å². The number of hydrogen-bond donors (Lipinski definition) is 1. The summed E-state index contributed by atoms with van der Waals surface area (Å²) in [6.07, 6.45) is 0.330. The summed E-state index contributed by atoms with van der Waals surface area (Å²) in [5, 5.41) is 0. The van der Waals surface area contributed by atoms with Gasteiger partial charge in [-0.05, 0) is 39.8 Å². The van der Waals surface area contributed by atoms with Gasteiger partial charge < -0.3 is 10.5 Å². The van der Waals surface area contributed by atoms with Crippen LogP contribution in [0.1, 0.15) is 44.2 Å². The third-order valence-electron chi connectivity index (χ3n) is 2.67. The van der Waals surface area contributed by atoms with E-state index in [1.807, 2.05) is 52.0 Å². The highest BCUT2D eigenvalue weighted by Gasteiger charge is 2.20. The molecule has 0 aliphatic heterocycles. The molecule has 0 radical (unpaired) electrons. The lowest BCUT2D eigenvalue weighted by atomic mass is 9.95. The van der Waals surface area contributed by atoms with Crippen LogP contribution in [0.15, 0.2) is 24.3 Å². The van der Waals surface area contributed by atoms with Crippen LogP contribution in [0.2, 0.25) is 0 Å². The minimum atomic E-state index is -0.441. The second-order valence-electron chi connectivity index (χ2n) is 5.63. The largest absolute Gasteiger partial charge is 0.460 e. The normalized spacial score (nSPS) is 13.2. The average Bonchev–Trinajstić information content (AvgIpc) is 2.25. The predicted octanol–water partition coefficient (Wildman–Crippen LogP) is 2.77. The van der Waals surface area contributed by atoms with Gasteiger partial charge in [0.2, 0.25) is 0 Å². The molecule has 0 saturated heterocycles. The van der Waals surface area contributed by atoms with Crippen LogP contribution in [0.5, 0.6) is 0 Å². The molecule has 0 aliphatic carbocycles. The quantitative estimate of drug-likeness (QED) is 0.835. The van der Waals surface area contributed by atoms with Crippen LogP contribution in [0.3, 0.4) is 0 Å². The molecule has 1 aromatic rings. The number of hydrogen-bond acceptors (Lipinski definition) is 3. The Kier molecular flexibility index (Phi) is 4.91. The van der Waals surface area contributed by atoms with Crippen LogP contribution in [-0.2, 0) is 9.53 Å². The van der Waals surface area contributed by atoms with Crippen molar-refractivity contribution in [2.75, 3.05) is 6.54 Å². The molecule has 0 fully saturated rings. The van der Waals surface area contributed by atoms with Crippen LogP contribution in [-0.4, -0.2) is 18.1 Å². The molecular weight excluding hydrogens is 226 g/mol. The van der Waals surface area contributed by atoms with Gasteiger partial charge in [0.05, 0.1) is 6.42 Å². The Morgan fingerprint density at radius 3 is 2.28 bits per heavy atom. The predicted molar refractivity (Wildman–Crippen MR) is 73.4 cm³/mol. The van der Waals surface area contributed by atoms with Crippen LogP contribution >= 0.6 is 0 Å². The number of carbonyl (C=O) groups excluding carboxylic acids is 1. The first-order valence-corrected chi connectivity index (χ1v) is 6.30. The number of ether oxygens (including phenoxy) is 1. The Morgan fingerprint density at radius 2 is 1.83 bits per heavy atom. The van der Waals surface area contributed by atoms with Crippen LogP contribution in [0.25, 0.3) is 0 Å². The molecule has 0 bridgehead atoms. The summed E-state index contributed by atoms with van der Waals surface area (Å²) in [6.45, 7) is 8.09. The Morgan fingerprint density at radius 1 is 1.28 bits per heavy atom. The Hall–Kier alpha value is -1.35. The van der Waals surface area contributed by atoms with Gasteiger partial charge in [-0.2, -0.15) is 0 Å². The molecule has 3 nitrogen and oxygen atoms in total. The maximum Gasteiger partial charge on any atom is 0.306 e. The van der Waals surface area contributed by atoms with Gasteiger partial charge in [0.15, 0.2) is 0 Å². The summed E-state index contributed by atoms with van der Waals surface area (Å²) in [5.74, 6) is -0.168. The van der Waals surface area contributed by atoms with Crippen molar-refractivity contribution >= 4 is 5.97 Å². The van der Waals surface area contributed by atoms with Gasteiger partial charge in [-0.15, -0.1) is 0 Å². The molecule has 0 heterocycles. The zero-order chi connectivity index (χ0) is 13.8. The molecule has 3 heteroatoms. The average molecular weight is 249 g/mol. The standard InChI is InChI=1S/C15H23NO2/c1-11-5-7-12(8-6-11)13(10-16)9-14(17)18-15(2,3)4/h5-8,13H,9-10,16H2,1-4H3. The first kappa shape index (κ1) is 14.7. The number of aryl methyl sites for hydroxylation is 1. The summed E-state index contributed by atoms with van der Waals surface area (Å²) in [6, 6.07) is 8.12. The monoisotopic (exact) mass is 249 g/mol. The van der Waals surface area contributed by atoms with E-state index in [-0.39, 0.29) is 11.9 Å². The fraction of sp³-hybridized carbons (Fsp3) is 0.533. The Bertz CT molecular complexity index is 390. The second kappa shape index (κ2) is 6.01. The van der Waals surface area contributed by atoms with Crippen molar-refractivity contribution in [3.05, 3.63) is 35.4 Å². The highest BCUT2D eigenvalue weighted by Crippen LogP contribution is 2.21. The van der Waals surface area contributed by atoms with Crippen LogP contribution in [0, 0.1) is 6.92 Å². The fourth-order valence-electron chi connectivity index (χ4n) is 1.76. The molecule has 0 spiro atoms. The SMILES string of the molecule is Cc1ccc(C(CN)CC(=O)OC(C)(C)C)cc1. The van der Waals surface area contributed by atoms with Crippen molar-refractivity contribution in [3.8, 4) is 0 Å². The van der Waals surface area contributed by atoms with Gasteiger partial charge in [-0.1, -0.05) is 29.8 Å². The lowest BCUT2D eigenvalue weighted by Gasteiger charge is -2.22. The van der Waals surface area contributed by atoms with Crippen molar-refractivity contribution in [1.82, 2.24) is 0 Å². The Labute approximate surface area is 109 Å². The molecule has 0 aliphatic rings. The van der Waals surface area contributed by atoms with Gasteiger partial charge in [0.25, 0.3) is 0 Å². The van der Waals surface area contributed by atoms with Gasteiger partial charge in [0, 0.05) is 5.92 Å². The van der Waals surface area contributed by atoms with Gasteiger partial charge >= 0.3 is 5.97 Å². The smallest absolute Gasteiger partial charge is 0.306 e. The molecule has 1 aromatic carbocycles. The minimum Gasteiger partial charge on any atom is -0.460 e. The summed E-state index contributed by atoms with van der Waals surface area (Å²) in [5.41, 5.74) is 7.60. The zero-order valence-corrected chi connectivity index (χ0v) is 11.7. The van der Waals surface area contributed by atoms with Crippen LogP contribution in [0.4, 0.5) is 0 Å². The highest BCUT2D eigenvalue weighted by molar-refractivity contribution is 5.71. The van der Waals surface area contributed by atoms with E-state index < -0.39 is 5.60 Å². The van der Waals surface area contributed by atoms with Crippen molar-refractivity contribution in [2.45, 2.75) is 45.6 Å². The molecule has 18 heavy (non-hydrogen) atoms. The first-order valence-electron chi connectivity index (χ1n) is 6.30. The van der Waals surface area contributed by atoms with Crippen LogP contribution < -0.4 is 5.73 Å². The number of esters is 1. The van der Waals surface area contributed by atoms with E-state index >= 15 is 0 Å². The second-order valence-corrected chi connectivity index (χ2v) is 5.63. The van der Waals surface area contributed by atoms with E-state index in [4.69, 9.17) is 10.5 Å². The summed E-state index contributed by atoms with van der Waals surface area (Å²) in [4.78, 5) is 11.8. The molecule has 1 rings (SSSR count). The number of benzene rings is 1. The summed E-state index contributed by atoms with van der Waals surface area (Å²) >= 11 is 0. The van der Waals surface area contributed by atoms with E-state index in [1.165, 1.54) is 5.56 Å². The maximum atomic E-state index is 11.8. The van der Waals surface area contributed by atoms with Crippen molar-refractivity contribution in [3.63, 3.8) is 0 Å². The van der Waals surface area contributed by atoms with Crippen molar-refractivity contribution < 1.29 is 9.53 Å². The molecule has 1 atom stereocenters. The maximum absolute atomic E-state index is 11.8. The third kappa shape index (κ3) is 4.88. The third-order valence-corrected chi connectivity index (χ3v) is 2.67. The summed E-state index contributed by atoms with van der Waals surface area (Å²) in [7, 11) is 0. The number of carbonyl (C=O) groups is 1. The molecule has 0 aromatic heterocycles. The van der Waals surface area contributed by atoms with E-state index in [2.05, 4.69) is 0 Å². The molecule has 1 unspecified atom stereocenters. The fourth-order valence-corrected chi connectivity index (χ4v) is 1.76. The lowest BCUT2D eigenvalue weighted by Crippen LogP contribution is -2.26. The molecule has 0 amide bonds. The molecule has 2 N–H and O–H groups in total. The van der Waals surface area contributed by atoms with Gasteiger partial charge in [0.1, 0.15) is 5.60 Å². The van der Waals surface area contributed by atoms with E-state index in [1.54, 1.807) is 0 Å². The number of rotatable bonds is 4. The van der Waals surface area contributed by atoms with E-state index in [0.29, 0.717) is 13.0 Å². The minimum absolute atomic E-state index is 0.0282. The highest BCUT2D eigenvalue weighted by atomic mass is 16.6. The van der Waals surface area contributed by atoms with Crippen molar-refractivity contribution in [2.24, 2.45) is 5.73 Å². The van der Waals surface area contributed by atoms with E-state index in [0.717, 1.165) is 5.56 Å². The zero-order valence-electron chi connectivity index (χ0n) is 11.7. The Balaban J connectivity index is 2.68. The first-order chi connectivity index (χ1) is 8.31. The molecule has 100 valence electrons. The van der Waals surface area contributed by atoms with Crippen molar-refractivity contribution in [1.29, 1.82) is 0 Å².